The summed E-state index contributed by atoms with van der Waals surface area (Å²) in [5.74, 6) is 0.877. The Bertz CT molecular complexity index is 1050. The van der Waals surface area contributed by atoms with Gasteiger partial charge in [-0.15, -0.1) is 0 Å². The fraction of sp³-hybridized carbons (Fsp3) is 0.514. The molecule has 1 atom stereocenters. The third-order valence-corrected chi connectivity index (χ3v) is 7.64. The molecule has 0 spiro atoms. The van der Waals surface area contributed by atoms with Crippen molar-refractivity contribution in [1.82, 2.24) is 0 Å². The van der Waals surface area contributed by atoms with E-state index >= 15 is 0 Å². The Kier molecular flexibility index (Phi) is 15.3. The lowest BCUT2D eigenvalue weighted by Crippen LogP contribution is -2.07. The van der Waals surface area contributed by atoms with Crippen LogP contribution < -0.4 is 9.47 Å². The van der Waals surface area contributed by atoms with Gasteiger partial charge in [0.15, 0.2) is 11.6 Å². The van der Waals surface area contributed by atoms with E-state index in [1.165, 1.54) is 76.2 Å². The standard InChI is InChI=1S/C37H51FO2/c1-3-5-7-9-11-12-14-19-29-39-37-28-25-33(30-35(37)38)31-23-26-34(27-24-31)40-36(32-20-16-15-17-21-32)22-18-13-10-8-6-4-2/h15-17,20-21,23-28,30,36H,3-14,18-19,22,29H2,1-2H3. The zero-order valence-corrected chi connectivity index (χ0v) is 25.0. The minimum absolute atomic E-state index is 0.0353. The Morgan fingerprint density at radius 1 is 0.600 bits per heavy atom. The van der Waals surface area contributed by atoms with Crippen LogP contribution in [0.25, 0.3) is 11.1 Å². The summed E-state index contributed by atoms with van der Waals surface area (Å²) in [6.45, 7) is 5.07. The molecule has 0 fully saturated rings. The van der Waals surface area contributed by atoms with Crippen molar-refractivity contribution in [1.29, 1.82) is 0 Å². The maximum absolute atomic E-state index is 14.8. The van der Waals surface area contributed by atoms with Crippen LogP contribution in [0.1, 0.15) is 122 Å². The lowest BCUT2D eigenvalue weighted by atomic mass is 10.0. The van der Waals surface area contributed by atoms with Crippen molar-refractivity contribution in [2.75, 3.05) is 6.61 Å². The molecule has 3 aromatic rings. The number of hydrogen-bond acceptors (Lipinski definition) is 2. The number of hydrogen-bond donors (Lipinski definition) is 0. The summed E-state index contributed by atoms with van der Waals surface area (Å²) < 4.78 is 27.0. The van der Waals surface area contributed by atoms with Gasteiger partial charge < -0.3 is 9.47 Å². The maximum Gasteiger partial charge on any atom is 0.165 e. The average molecular weight is 547 g/mol. The van der Waals surface area contributed by atoms with Crippen molar-refractivity contribution in [2.45, 2.75) is 116 Å². The molecule has 0 bridgehead atoms. The van der Waals surface area contributed by atoms with E-state index in [1.807, 2.05) is 36.4 Å². The molecule has 0 aromatic heterocycles. The van der Waals surface area contributed by atoms with E-state index in [4.69, 9.17) is 9.47 Å². The molecule has 0 radical (unpaired) electrons. The molecule has 0 saturated carbocycles. The zero-order chi connectivity index (χ0) is 28.3. The van der Waals surface area contributed by atoms with Gasteiger partial charge in [-0.2, -0.15) is 0 Å². The minimum atomic E-state index is -0.305. The molecule has 3 heteroatoms. The highest BCUT2D eigenvalue weighted by molar-refractivity contribution is 5.65. The van der Waals surface area contributed by atoms with E-state index in [0.29, 0.717) is 12.4 Å². The van der Waals surface area contributed by atoms with Crippen LogP contribution in [0.3, 0.4) is 0 Å². The summed E-state index contributed by atoms with van der Waals surface area (Å²) in [5, 5.41) is 0. The first-order valence-corrected chi connectivity index (χ1v) is 16.0. The van der Waals surface area contributed by atoms with Gasteiger partial charge in [0.2, 0.25) is 0 Å². The molecule has 0 N–H and O–H groups in total. The highest BCUT2D eigenvalue weighted by Crippen LogP contribution is 2.31. The van der Waals surface area contributed by atoms with Crippen molar-refractivity contribution in [3.8, 4) is 22.6 Å². The lowest BCUT2D eigenvalue weighted by molar-refractivity contribution is 0.190. The van der Waals surface area contributed by atoms with Gasteiger partial charge in [-0.25, -0.2) is 4.39 Å². The monoisotopic (exact) mass is 546 g/mol. The van der Waals surface area contributed by atoms with Crippen LogP contribution in [0.2, 0.25) is 0 Å². The first-order chi connectivity index (χ1) is 19.7. The summed E-state index contributed by atoms with van der Waals surface area (Å²) in [6.07, 6.45) is 18.6. The van der Waals surface area contributed by atoms with Crippen molar-refractivity contribution in [2.24, 2.45) is 0 Å². The predicted molar refractivity (Wildman–Crippen MR) is 168 cm³/mol. The van der Waals surface area contributed by atoms with E-state index in [2.05, 4.69) is 38.1 Å². The Morgan fingerprint density at radius 3 is 1.80 bits per heavy atom. The third-order valence-electron chi connectivity index (χ3n) is 7.64. The number of ether oxygens (including phenoxy) is 2. The van der Waals surface area contributed by atoms with Crippen LogP contribution >= 0.6 is 0 Å². The second-order valence-electron chi connectivity index (χ2n) is 11.1. The van der Waals surface area contributed by atoms with Crippen LogP contribution in [0, 0.1) is 5.82 Å². The molecular weight excluding hydrogens is 495 g/mol. The van der Waals surface area contributed by atoms with Gasteiger partial charge >= 0.3 is 0 Å². The Balaban J connectivity index is 1.49. The number of benzene rings is 3. The molecule has 0 aliphatic carbocycles. The second-order valence-corrected chi connectivity index (χ2v) is 11.1. The highest BCUT2D eigenvalue weighted by atomic mass is 19.1. The summed E-state index contributed by atoms with van der Waals surface area (Å²) in [5.41, 5.74) is 3.02. The largest absolute Gasteiger partial charge is 0.491 e. The molecule has 0 aliphatic rings. The lowest BCUT2D eigenvalue weighted by Gasteiger charge is -2.20. The second kappa shape index (κ2) is 19.3. The number of rotatable bonds is 21. The molecule has 0 saturated heterocycles. The fourth-order valence-electron chi connectivity index (χ4n) is 5.18. The topological polar surface area (TPSA) is 18.5 Å². The fourth-order valence-corrected chi connectivity index (χ4v) is 5.18. The minimum Gasteiger partial charge on any atom is -0.491 e. The molecule has 3 aromatic carbocycles. The Morgan fingerprint density at radius 2 is 1.18 bits per heavy atom. The van der Waals surface area contributed by atoms with E-state index in [1.54, 1.807) is 12.1 Å². The molecule has 3 rings (SSSR count). The molecule has 2 nitrogen and oxygen atoms in total. The van der Waals surface area contributed by atoms with Crippen molar-refractivity contribution in [3.63, 3.8) is 0 Å². The number of unbranched alkanes of at least 4 members (excludes halogenated alkanes) is 12. The summed E-state index contributed by atoms with van der Waals surface area (Å²) in [6, 6.07) is 23.8. The molecular formula is C37H51FO2. The molecule has 218 valence electrons. The smallest absolute Gasteiger partial charge is 0.165 e. The van der Waals surface area contributed by atoms with Crippen LogP contribution in [0.15, 0.2) is 72.8 Å². The third kappa shape index (κ3) is 11.7. The van der Waals surface area contributed by atoms with Crippen molar-refractivity contribution < 1.29 is 13.9 Å². The molecule has 0 amide bonds. The van der Waals surface area contributed by atoms with Gasteiger partial charge in [0.1, 0.15) is 11.9 Å². The molecule has 0 aliphatic heterocycles. The van der Waals surface area contributed by atoms with Gasteiger partial charge in [0.05, 0.1) is 6.61 Å². The molecule has 0 heterocycles. The molecule has 40 heavy (non-hydrogen) atoms. The Hall–Kier alpha value is -2.81. The number of halogens is 1. The van der Waals surface area contributed by atoms with E-state index in [9.17, 15) is 4.39 Å². The van der Waals surface area contributed by atoms with Gasteiger partial charge in [0.25, 0.3) is 0 Å². The zero-order valence-electron chi connectivity index (χ0n) is 25.0. The predicted octanol–water partition coefficient (Wildman–Crippen LogP) is 11.9. The molecule has 1 unspecified atom stereocenters. The van der Waals surface area contributed by atoms with E-state index in [0.717, 1.165) is 42.6 Å². The average Bonchev–Trinajstić information content (AvgIpc) is 2.99. The highest BCUT2D eigenvalue weighted by Gasteiger charge is 2.14. The first kappa shape index (κ1) is 31.7. The van der Waals surface area contributed by atoms with Gasteiger partial charge in [0, 0.05) is 0 Å². The van der Waals surface area contributed by atoms with Crippen LogP contribution in [0.5, 0.6) is 11.5 Å². The van der Waals surface area contributed by atoms with Crippen molar-refractivity contribution in [3.05, 3.63) is 84.2 Å². The summed E-state index contributed by atoms with van der Waals surface area (Å²) in [4.78, 5) is 0. The van der Waals surface area contributed by atoms with E-state index < -0.39 is 0 Å². The summed E-state index contributed by atoms with van der Waals surface area (Å²) in [7, 11) is 0. The van der Waals surface area contributed by atoms with Crippen molar-refractivity contribution >= 4 is 0 Å². The van der Waals surface area contributed by atoms with E-state index in [-0.39, 0.29) is 11.9 Å². The van der Waals surface area contributed by atoms with Gasteiger partial charge in [-0.3, -0.25) is 0 Å². The quantitative estimate of drug-likeness (QED) is 0.124. The maximum atomic E-state index is 14.8. The van der Waals surface area contributed by atoms with Gasteiger partial charge in [-0.05, 0) is 60.2 Å². The SMILES string of the molecule is CCCCCCCCCCOc1ccc(-c2ccc(OC(CCCCCCCC)c3ccccc3)cc2)cc1F. The van der Waals surface area contributed by atoms with Crippen LogP contribution in [-0.4, -0.2) is 6.61 Å². The Labute approximate surface area is 243 Å². The normalized spacial score (nSPS) is 11.9. The van der Waals surface area contributed by atoms with Gasteiger partial charge in [-0.1, -0.05) is 139 Å². The summed E-state index contributed by atoms with van der Waals surface area (Å²) >= 11 is 0. The first-order valence-electron chi connectivity index (χ1n) is 16.0. The van der Waals surface area contributed by atoms with Crippen LogP contribution in [0.4, 0.5) is 4.39 Å². The van der Waals surface area contributed by atoms with Crippen LogP contribution in [-0.2, 0) is 0 Å².